The Bertz CT molecular complexity index is 2100. The highest BCUT2D eigenvalue weighted by atomic mass is 35.5. The summed E-state index contributed by atoms with van der Waals surface area (Å²) in [7, 11) is 1.68. The minimum Gasteiger partial charge on any atom is -0.480 e. The summed E-state index contributed by atoms with van der Waals surface area (Å²) in [6.07, 6.45) is 0. The summed E-state index contributed by atoms with van der Waals surface area (Å²) >= 11 is 6.99. The topological polar surface area (TPSA) is 60.8 Å². The van der Waals surface area contributed by atoms with Crippen LogP contribution in [0.1, 0.15) is 90.4 Å². The molecule has 204 valence electrons. The van der Waals surface area contributed by atoms with Gasteiger partial charge in [-0.25, -0.2) is 0 Å². The minimum absolute atomic E-state index is 0.00871. The van der Waals surface area contributed by atoms with Gasteiger partial charge in [0, 0.05) is 45.9 Å². The molecule has 6 heteroatoms. The zero-order valence-corrected chi connectivity index (χ0v) is 23.9. The van der Waals surface area contributed by atoms with E-state index in [1.807, 2.05) is 0 Å². The van der Waals surface area contributed by atoms with Gasteiger partial charge in [0.15, 0.2) is 5.15 Å². The van der Waals surface area contributed by atoms with Gasteiger partial charge in [-0.3, -0.25) is 0 Å². The first kappa shape index (κ1) is 23.7. The SMILES string of the molecule is COc1nnc(-c2nnc(Cl)c3c2C2c4ccccc4C3c3ccccc32)c2c1C1c3ccccc3C2c2ccccc21. The summed E-state index contributed by atoms with van der Waals surface area (Å²) in [5, 5.41) is 19.5. The van der Waals surface area contributed by atoms with Gasteiger partial charge in [-0.15, -0.1) is 20.4 Å². The second-order valence-electron chi connectivity index (χ2n) is 11.8. The van der Waals surface area contributed by atoms with Crippen molar-refractivity contribution in [2.75, 3.05) is 7.11 Å². The van der Waals surface area contributed by atoms with E-state index < -0.39 is 0 Å². The van der Waals surface area contributed by atoms with Gasteiger partial charge in [0.1, 0.15) is 11.4 Å². The molecule has 0 amide bonds. The van der Waals surface area contributed by atoms with Crippen molar-refractivity contribution >= 4 is 11.6 Å². The molecule has 0 spiro atoms. The number of halogens is 1. The molecular weight excluding hydrogens is 552 g/mol. The van der Waals surface area contributed by atoms with Crippen molar-refractivity contribution in [2.24, 2.45) is 0 Å². The molecule has 0 atom stereocenters. The van der Waals surface area contributed by atoms with E-state index in [0.29, 0.717) is 11.0 Å². The van der Waals surface area contributed by atoms with Crippen LogP contribution in [-0.4, -0.2) is 27.5 Å². The molecule has 2 aromatic heterocycles. The van der Waals surface area contributed by atoms with Gasteiger partial charge in [0.05, 0.1) is 7.11 Å². The molecule has 0 saturated heterocycles. The fourth-order valence-corrected chi connectivity index (χ4v) is 8.83. The first-order valence-electron chi connectivity index (χ1n) is 14.6. The summed E-state index contributed by atoms with van der Waals surface area (Å²) in [6.45, 7) is 0. The average molecular weight is 575 g/mol. The third-order valence-electron chi connectivity index (χ3n) is 10.1. The lowest BCUT2D eigenvalue weighted by Crippen LogP contribution is -2.31. The molecule has 0 N–H and O–H groups in total. The molecular formula is C37H23ClN4O. The largest absolute Gasteiger partial charge is 0.480 e. The van der Waals surface area contributed by atoms with Crippen molar-refractivity contribution in [3.63, 3.8) is 0 Å². The van der Waals surface area contributed by atoms with E-state index in [2.05, 4.69) is 102 Å². The quantitative estimate of drug-likeness (QED) is 0.213. The van der Waals surface area contributed by atoms with Crippen LogP contribution in [0.5, 0.6) is 5.88 Å². The van der Waals surface area contributed by atoms with Crippen LogP contribution >= 0.6 is 11.6 Å². The van der Waals surface area contributed by atoms with E-state index >= 15 is 0 Å². The number of nitrogens with zero attached hydrogens (tertiary/aromatic N) is 4. The molecule has 6 aliphatic carbocycles. The highest BCUT2D eigenvalue weighted by Gasteiger charge is 2.48. The number of hydrogen-bond acceptors (Lipinski definition) is 5. The zero-order valence-electron chi connectivity index (χ0n) is 23.1. The van der Waals surface area contributed by atoms with Crippen molar-refractivity contribution in [3.8, 4) is 17.3 Å². The smallest absolute Gasteiger partial charge is 0.237 e. The van der Waals surface area contributed by atoms with E-state index in [-0.39, 0.29) is 23.7 Å². The Balaban J connectivity index is 1.31. The normalized spacial score (nSPS) is 20.8. The van der Waals surface area contributed by atoms with Gasteiger partial charge in [-0.05, 0) is 44.5 Å². The lowest BCUT2D eigenvalue weighted by atomic mass is 9.59. The van der Waals surface area contributed by atoms with Gasteiger partial charge in [-0.1, -0.05) is 109 Å². The molecule has 0 saturated carbocycles. The Labute approximate surface area is 253 Å². The predicted molar refractivity (Wildman–Crippen MR) is 164 cm³/mol. The van der Waals surface area contributed by atoms with Crippen molar-refractivity contribution in [1.29, 1.82) is 0 Å². The number of methoxy groups -OCH3 is 1. The molecule has 0 aliphatic heterocycles. The van der Waals surface area contributed by atoms with E-state index in [4.69, 9.17) is 31.6 Å². The Morgan fingerprint density at radius 3 is 1.16 bits per heavy atom. The summed E-state index contributed by atoms with van der Waals surface area (Å²) in [5.74, 6) is 0.473. The Kier molecular flexibility index (Phi) is 4.60. The maximum atomic E-state index is 6.99. The number of aromatic nitrogens is 4. The number of ether oxygens (including phenoxy) is 1. The standard InChI is InChI=1S/C37H23ClN4O/c1-43-37-33-29-24-16-8-4-12-20(24)27(21-13-5-9-17-25(21)29)31(33)35(40-42-37)34-30-26-18-10-2-6-14-22(18)28(32(30)36(38)41-39-34)23-15-7-3-11-19(23)26/h2-17,26-29H,1H3. The zero-order chi connectivity index (χ0) is 28.4. The molecule has 4 bridgehead atoms. The third-order valence-corrected chi connectivity index (χ3v) is 10.3. The van der Waals surface area contributed by atoms with Crippen LogP contribution in [0.4, 0.5) is 0 Å². The van der Waals surface area contributed by atoms with Crippen LogP contribution in [-0.2, 0) is 0 Å². The molecule has 0 fully saturated rings. The molecule has 6 aliphatic rings. The van der Waals surface area contributed by atoms with Gasteiger partial charge in [-0.2, -0.15) is 0 Å². The fourth-order valence-electron chi connectivity index (χ4n) is 8.59. The Hall–Kier alpha value is -4.87. The molecule has 0 unspecified atom stereocenters. The third kappa shape index (κ3) is 2.84. The van der Waals surface area contributed by atoms with Crippen LogP contribution in [0.15, 0.2) is 97.1 Å². The van der Waals surface area contributed by atoms with E-state index in [9.17, 15) is 0 Å². The summed E-state index contributed by atoms with van der Waals surface area (Å²) in [5.41, 5.74) is 16.1. The molecule has 5 nitrogen and oxygen atoms in total. The molecule has 12 rings (SSSR count). The van der Waals surface area contributed by atoms with Gasteiger partial charge >= 0.3 is 0 Å². The second-order valence-corrected chi connectivity index (χ2v) is 12.2. The van der Waals surface area contributed by atoms with Crippen LogP contribution < -0.4 is 4.74 Å². The van der Waals surface area contributed by atoms with Crippen LogP contribution in [0.2, 0.25) is 5.15 Å². The van der Waals surface area contributed by atoms with Crippen molar-refractivity contribution < 1.29 is 4.74 Å². The van der Waals surface area contributed by atoms with E-state index in [1.54, 1.807) is 7.11 Å². The van der Waals surface area contributed by atoms with Crippen LogP contribution in [0, 0.1) is 0 Å². The van der Waals surface area contributed by atoms with Crippen molar-refractivity contribution in [3.05, 3.63) is 169 Å². The van der Waals surface area contributed by atoms with Crippen molar-refractivity contribution in [1.82, 2.24) is 20.4 Å². The lowest BCUT2D eigenvalue weighted by molar-refractivity contribution is 0.383. The van der Waals surface area contributed by atoms with Gasteiger partial charge in [0.25, 0.3) is 0 Å². The van der Waals surface area contributed by atoms with Crippen LogP contribution in [0.25, 0.3) is 11.4 Å². The summed E-state index contributed by atoms with van der Waals surface area (Å²) in [4.78, 5) is 0. The molecule has 4 aromatic carbocycles. The molecule has 0 radical (unpaired) electrons. The first-order chi connectivity index (χ1) is 21.3. The minimum atomic E-state index is -0.0321. The Morgan fingerprint density at radius 2 is 0.767 bits per heavy atom. The van der Waals surface area contributed by atoms with Crippen molar-refractivity contribution in [2.45, 2.75) is 23.7 Å². The highest BCUT2D eigenvalue weighted by Crippen LogP contribution is 2.62. The molecule has 43 heavy (non-hydrogen) atoms. The predicted octanol–water partition coefficient (Wildman–Crippen LogP) is 7.57. The number of rotatable bonds is 2. The van der Waals surface area contributed by atoms with Gasteiger partial charge < -0.3 is 4.74 Å². The number of benzene rings is 4. The van der Waals surface area contributed by atoms with E-state index in [0.717, 1.165) is 33.6 Å². The second kappa shape index (κ2) is 8.36. The maximum Gasteiger partial charge on any atom is 0.237 e. The summed E-state index contributed by atoms with van der Waals surface area (Å²) < 4.78 is 5.93. The molecule has 2 heterocycles. The van der Waals surface area contributed by atoms with Gasteiger partial charge in [0.2, 0.25) is 5.88 Å². The molecule has 6 aromatic rings. The lowest BCUT2D eigenvalue weighted by Gasteiger charge is -2.44. The average Bonchev–Trinajstić information content (AvgIpc) is 3.07. The number of hydrogen-bond donors (Lipinski definition) is 0. The Morgan fingerprint density at radius 1 is 0.442 bits per heavy atom. The summed E-state index contributed by atoms with van der Waals surface area (Å²) in [6, 6.07) is 34.9. The van der Waals surface area contributed by atoms with Crippen LogP contribution in [0.3, 0.4) is 0 Å². The highest BCUT2D eigenvalue weighted by molar-refractivity contribution is 6.30. The fraction of sp³-hybridized carbons (Fsp3) is 0.135. The maximum absolute atomic E-state index is 6.99. The first-order valence-corrected chi connectivity index (χ1v) is 15.0. The van der Waals surface area contributed by atoms with E-state index in [1.165, 1.54) is 44.5 Å². The monoisotopic (exact) mass is 574 g/mol.